The highest BCUT2D eigenvalue weighted by Gasteiger charge is 2.37. The van der Waals surface area contributed by atoms with Gasteiger partial charge in [-0.15, -0.1) is 0 Å². The van der Waals surface area contributed by atoms with Crippen molar-refractivity contribution in [1.82, 2.24) is 0 Å². The Hall–Kier alpha value is -4.71. The third-order valence-corrected chi connectivity index (χ3v) is 7.47. The number of carbonyl (C=O) groups excluding carboxylic acids is 2. The van der Waals surface area contributed by atoms with Gasteiger partial charge in [0.25, 0.3) is 0 Å². The van der Waals surface area contributed by atoms with Gasteiger partial charge < -0.3 is 30.6 Å². The number of carbonyl (C=O) groups is 5. The van der Waals surface area contributed by atoms with E-state index >= 15 is 0 Å². The second-order valence-electron chi connectivity index (χ2n) is 14.9. The van der Waals surface area contributed by atoms with Gasteiger partial charge in [-0.2, -0.15) is 0 Å². The number of rotatable bonds is 10. The van der Waals surface area contributed by atoms with E-state index < -0.39 is 34.7 Å². The minimum atomic E-state index is -2.07. The third kappa shape index (κ3) is 12.3. The molecule has 6 N–H and O–H groups in total. The van der Waals surface area contributed by atoms with E-state index in [1.807, 2.05) is 41.5 Å². The number of aliphatic hydroxyl groups is 3. The number of ketones is 2. The number of benzene rings is 3. The van der Waals surface area contributed by atoms with E-state index in [-0.39, 0.29) is 44.7 Å². The van der Waals surface area contributed by atoms with Gasteiger partial charge in [-0.3, -0.25) is 9.59 Å². The zero-order chi connectivity index (χ0) is 38.9. The van der Waals surface area contributed by atoms with E-state index in [0.717, 1.165) is 0 Å². The molecule has 0 saturated carbocycles. The molecule has 0 aliphatic heterocycles. The average Bonchev–Trinajstić information content (AvgIpc) is 3.00. The molecule has 0 saturated heterocycles. The van der Waals surface area contributed by atoms with Crippen LogP contribution in [0.1, 0.15) is 113 Å². The van der Waals surface area contributed by atoms with Crippen LogP contribution in [0.4, 0.5) is 0 Å². The quantitative estimate of drug-likeness (QED) is 0.132. The first-order valence-corrected chi connectivity index (χ1v) is 15.8. The van der Waals surface area contributed by atoms with Crippen LogP contribution in [-0.4, -0.2) is 60.1 Å². The van der Waals surface area contributed by atoms with Crippen molar-refractivity contribution in [2.45, 2.75) is 92.0 Å². The summed E-state index contributed by atoms with van der Waals surface area (Å²) in [5.41, 5.74) is -5.12. The van der Waals surface area contributed by atoms with Crippen LogP contribution in [-0.2, 0) is 31.2 Å². The SMILES string of the molecule is CC(C)(C)CC(=O)c1ccccc1C(C)(O)C(=O)O.CC(C)(C)CC(=O)c1ccccc1C(C)(O)C(=O)O.CC(O)(C(=O)O)c1ccccc1. The minimum Gasteiger partial charge on any atom is -0.479 e. The van der Waals surface area contributed by atoms with Crippen molar-refractivity contribution in [1.29, 1.82) is 0 Å². The van der Waals surface area contributed by atoms with Gasteiger partial charge in [-0.05, 0) is 37.2 Å². The highest BCUT2D eigenvalue weighted by molar-refractivity contribution is 6.00. The van der Waals surface area contributed by atoms with E-state index in [0.29, 0.717) is 18.4 Å². The van der Waals surface area contributed by atoms with E-state index in [1.54, 1.807) is 66.7 Å². The summed E-state index contributed by atoms with van der Waals surface area (Å²) in [5.74, 6) is -4.31. The predicted molar refractivity (Wildman–Crippen MR) is 188 cm³/mol. The first kappa shape index (κ1) is 43.3. The molecule has 272 valence electrons. The van der Waals surface area contributed by atoms with Crippen molar-refractivity contribution in [3.8, 4) is 0 Å². The predicted octanol–water partition coefficient (Wildman–Crippen LogP) is 6.17. The maximum Gasteiger partial charge on any atom is 0.340 e. The van der Waals surface area contributed by atoms with Crippen LogP contribution in [0.5, 0.6) is 0 Å². The van der Waals surface area contributed by atoms with Crippen LogP contribution in [0.2, 0.25) is 0 Å². The van der Waals surface area contributed by atoms with Gasteiger partial charge in [0, 0.05) is 35.1 Å². The van der Waals surface area contributed by atoms with Gasteiger partial charge in [-0.25, -0.2) is 14.4 Å². The Labute approximate surface area is 293 Å². The monoisotopic (exact) mass is 694 g/mol. The summed E-state index contributed by atoms with van der Waals surface area (Å²) >= 11 is 0. The van der Waals surface area contributed by atoms with Gasteiger partial charge in [-0.1, -0.05) is 120 Å². The Balaban J connectivity index is 0.000000385. The topological polar surface area (TPSA) is 207 Å². The fourth-order valence-electron chi connectivity index (χ4n) is 4.57. The smallest absolute Gasteiger partial charge is 0.340 e. The minimum absolute atomic E-state index is 0.136. The van der Waals surface area contributed by atoms with Crippen molar-refractivity contribution in [3.05, 3.63) is 107 Å². The lowest BCUT2D eigenvalue weighted by molar-refractivity contribution is -0.158. The van der Waals surface area contributed by atoms with E-state index in [4.69, 9.17) is 15.3 Å². The molecule has 3 atom stereocenters. The summed E-state index contributed by atoms with van der Waals surface area (Å²) < 4.78 is 0. The summed E-state index contributed by atoms with van der Waals surface area (Å²) in [4.78, 5) is 57.3. The van der Waals surface area contributed by atoms with Crippen molar-refractivity contribution >= 4 is 29.5 Å². The number of Topliss-reactive ketones (excluding diaryl/α,β-unsaturated/α-hetero) is 2. The number of carboxylic acid groups (broad SMARTS) is 3. The molecular formula is C39H50O11. The molecule has 0 aromatic heterocycles. The highest BCUT2D eigenvalue weighted by Crippen LogP contribution is 2.30. The van der Waals surface area contributed by atoms with Gasteiger partial charge in [0.15, 0.2) is 28.4 Å². The maximum absolute atomic E-state index is 12.2. The zero-order valence-electron chi connectivity index (χ0n) is 30.1. The second-order valence-corrected chi connectivity index (χ2v) is 14.9. The Morgan fingerprint density at radius 3 is 1.00 bits per heavy atom. The van der Waals surface area contributed by atoms with Crippen molar-refractivity contribution < 1.29 is 54.6 Å². The molecule has 3 aromatic rings. The van der Waals surface area contributed by atoms with E-state index in [1.165, 1.54) is 32.9 Å². The lowest BCUT2D eigenvalue weighted by atomic mass is 9.83. The first-order valence-electron chi connectivity index (χ1n) is 15.8. The summed E-state index contributed by atoms with van der Waals surface area (Å²) in [6.45, 7) is 15.2. The molecule has 0 aliphatic carbocycles. The Morgan fingerprint density at radius 1 is 0.440 bits per heavy atom. The molecule has 0 fully saturated rings. The molecule has 0 aliphatic rings. The molecule has 50 heavy (non-hydrogen) atoms. The Kier molecular flexibility index (Phi) is 14.6. The lowest BCUT2D eigenvalue weighted by Gasteiger charge is -2.23. The number of carboxylic acids is 3. The average molecular weight is 695 g/mol. The molecule has 0 bridgehead atoms. The van der Waals surface area contributed by atoms with E-state index in [2.05, 4.69) is 0 Å². The third-order valence-electron chi connectivity index (χ3n) is 7.47. The fraction of sp³-hybridized carbons (Fsp3) is 0.410. The van der Waals surface area contributed by atoms with Crippen molar-refractivity contribution in [2.75, 3.05) is 0 Å². The van der Waals surface area contributed by atoms with Gasteiger partial charge >= 0.3 is 17.9 Å². The highest BCUT2D eigenvalue weighted by atomic mass is 16.4. The molecule has 11 nitrogen and oxygen atoms in total. The molecule has 0 spiro atoms. The largest absolute Gasteiger partial charge is 0.479 e. The summed E-state index contributed by atoms with van der Waals surface area (Å²) in [7, 11) is 0. The number of hydrogen-bond donors (Lipinski definition) is 6. The van der Waals surface area contributed by atoms with Crippen LogP contribution in [0.25, 0.3) is 0 Å². The Bertz CT molecular complexity index is 1560. The van der Waals surface area contributed by atoms with Crippen molar-refractivity contribution in [3.63, 3.8) is 0 Å². The molecule has 0 amide bonds. The number of hydrogen-bond acceptors (Lipinski definition) is 8. The van der Waals surface area contributed by atoms with Crippen LogP contribution in [0, 0.1) is 10.8 Å². The standard InChI is InChI=1S/2C15H20O4.C9H10O3/c2*1-14(2,3)9-12(16)10-7-5-6-8-11(10)15(4,19)13(17)18;1-9(12,8(10)11)7-5-3-2-4-6-7/h2*5-8,19H,9H2,1-4H3,(H,17,18);2-6,12H,1H3,(H,10,11). The first-order chi connectivity index (χ1) is 22.7. The maximum atomic E-state index is 12.2. The van der Waals surface area contributed by atoms with Crippen LogP contribution >= 0.6 is 0 Å². The second kappa shape index (κ2) is 16.8. The molecule has 3 unspecified atom stereocenters. The van der Waals surface area contributed by atoms with Crippen LogP contribution in [0.3, 0.4) is 0 Å². The van der Waals surface area contributed by atoms with Crippen LogP contribution in [0.15, 0.2) is 78.9 Å². The summed E-state index contributed by atoms with van der Waals surface area (Å²) in [5, 5.41) is 56.3. The normalized spacial score (nSPS) is 14.9. The molecule has 11 heteroatoms. The van der Waals surface area contributed by atoms with Gasteiger partial charge in [0.05, 0.1) is 0 Å². The number of aliphatic carboxylic acids is 3. The summed E-state index contributed by atoms with van der Waals surface area (Å²) in [6.07, 6.45) is 0.583. The Morgan fingerprint density at radius 2 is 0.720 bits per heavy atom. The summed E-state index contributed by atoms with van der Waals surface area (Å²) in [6, 6.07) is 20.9. The zero-order valence-corrected chi connectivity index (χ0v) is 30.1. The molecular weight excluding hydrogens is 644 g/mol. The fourth-order valence-corrected chi connectivity index (χ4v) is 4.57. The molecule has 0 heterocycles. The van der Waals surface area contributed by atoms with Gasteiger partial charge in [0.2, 0.25) is 0 Å². The van der Waals surface area contributed by atoms with Crippen molar-refractivity contribution in [2.24, 2.45) is 10.8 Å². The molecule has 3 rings (SSSR count). The van der Waals surface area contributed by atoms with Crippen LogP contribution < -0.4 is 0 Å². The molecule has 3 aromatic carbocycles. The molecule has 0 radical (unpaired) electrons. The lowest BCUT2D eigenvalue weighted by Crippen LogP contribution is -2.34. The van der Waals surface area contributed by atoms with Gasteiger partial charge in [0.1, 0.15) is 0 Å². The van der Waals surface area contributed by atoms with E-state index in [9.17, 15) is 39.3 Å².